The maximum atomic E-state index is 12.6. The summed E-state index contributed by atoms with van der Waals surface area (Å²) in [4.78, 5) is 33.6. The van der Waals surface area contributed by atoms with Crippen molar-refractivity contribution < 1.29 is 18.7 Å². The van der Waals surface area contributed by atoms with Crippen LogP contribution in [0.5, 0.6) is 5.75 Å². The van der Waals surface area contributed by atoms with Crippen molar-refractivity contribution in [3.63, 3.8) is 0 Å². The van der Waals surface area contributed by atoms with Crippen LogP contribution in [0.4, 0.5) is 5.69 Å². The van der Waals surface area contributed by atoms with Crippen molar-refractivity contribution in [3.8, 4) is 5.75 Å². The highest BCUT2D eigenvalue weighted by Gasteiger charge is 2.29. The number of nitrogens with one attached hydrogen (secondary N) is 1. The first-order chi connectivity index (χ1) is 16.1. The van der Waals surface area contributed by atoms with Crippen molar-refractivity contribution in [3.05, 3.63) is 41.6 Å². The van der Waals surface area contributed by atoms with E-state index in [9.17, 15) is 9.59 Å². The topological polar surface area (TPSA) is 87.9 Å². The molecule has 1 atom stereocenters. The van der Waals surface area contributed by atoms with Crippen LogP contribution in [0, 0.1) is 0 Å². The van der Waals surface area contributed by atoms with Gasteiger partial charge in [-0.05, 0) is 62.5 Å². The third kappa shape index (κ3) is 6.38. The van der Waals surface area contributed by atoms with Crippen molar-refractivity contribution in [2.24, 2.45) is 0 Å². The van der Waals surface area contributed by atoms with E-state index in [1.165, 1.54) is 6.26 Å². The first-order valence-electron chi connectivity index (χ1n) is 12.2. The van der Waals surface area contributed by atoms with E-state index in [0.29, 0.717) is 17.3 Å². The summed E-state index contributed by atoms with van der Waals surface area (Å²) in [6.45, 7) is 15.9. The molecule has 2 aromatic rings. The van der Waals surface area contributed by atoms with E-state index < -0.39 is 0 Å². The van der Waals surface area contributed by atoms with Crippen LogP contribution in [0.2, 0.25) is 0 Å². The summed E-state index contributed by atoms with van der Waals surface area (Å²) in [5.74, 6) is 0.510. The molecular weight excluding hydrogens is 432 g/mol. The van der Waals surface area contributed by atoms with E-state index in [4.69, 9.17) is 9.15 Å². The minimum absolute atomic E-state index is 0.0340. The molecule has 0 bridgehead atoms. The molecule has 8 heteroatoms. The lowest BCUT2D eigenvalue weighted by Crippen LogP contribution is -2.38. The van der Waals surface area contributed by atoms with Crippen LogP contribution in [0.25, 0.3) is 0 Å². The number of fused-ring (bicyclic) bond motifs is 1. The van der Waals surface area contributed by atoms with Gasteiger partial charge in [0.1, 0.15) is 18.6 Å². The number of rotatable bonds is 10. The summed E-state index contributed by atoms with van der Waals surface area (Å²) in [5, 5.41) is 2.99. The number of anilines is 1. The summed E-state index contributed by atoms with van der Waals surface area (Å²) < 4.78 is 11.2. The number of carbonyl (C=O) groups excluding carboxylic acids is 2. The van der Waals surface area contributed by atoms with Gasteiger partial charge >= 0.3 is 0 Å². The lowest BCUT2D eigenvalue weighted by atomic mass is 9.86. The van der Waals surface area contributed by atoms with Crippen molar-refractivity contribution in [1.29, 1.82) is 0 Å². The van der Waals surface area contributed by atoms with E-state index in [1.54, 1.807) is 4.90 Å². The normalized spacial score (nSPS) is 14.7. The standard InChI is InChI=1S/C26H38N4O4/c1-7-29(8-2)13-9-10-18(3)27-25(32)20-16-34-23(28-20)15-30-21-14-19(26(4,5)6)11-12-22(21)33-17-24(30)31/h11-12,14,16,18H,7-10,13,15,17H2,1-6H3,(H,27,32). The van der Waals surface area contributed by atoms with Gasteiger partial charge in [0, 0.05) is 6.04 Å². The van der Waals surface area contributed by atoms with Crippen molar-refractivity contribution in [2.75, 3.05) is 31.1 Å². The highest BCUT2D eigenvalue weighted by Crippen LogP contribution is 2.37. The summed E-state index contributed by atoms with van der Waals surface area (Å²) in [5.41, 5.74) is 1.93. The first-order valence-corrected chi connectivity index (χ1v) is 12.2. The van der Waals surface area contributed by atoms with Gasteiger partial charge in [-0.2, -0.15) is 0 Å². The van der Waals surface area contributed by atoms with Gasteiger partial charge in [-0.3, -0.25) is 14.5 Å². The molecule has 0 radical (unpaired) electrons. The predicted octanol–water partition coefficient (Wildman–Crippen LogP) is 4.14. The monoisotopic (exact) mass is 470 g/mol. The van der Waals surface area contributed by atoms with E-state index >= 15 is 0 Å². The Labute approximate surface area is 202 Å². The Balaban J connectivity index is 1.63. The second kappa shape index (κ2) is 11.0. The minimum atomic E-state index is -0.269. The fourth-order valence-corrected chi connectivity index (χ4v) is 4.00. The summed E-state index contributed by atoms with van der Waals surface area (Å²) in [6.07, 6.45) is 3.26. The number of hydrogen-bond acceptors (Lipinski definition) is 6. The molecule has 1 aromatic carbocycles. The fourth-order valence-electron chi connectivity index (χ4n) is 4.00. The molecule has 1 N–H and O–H groups in total. The lowest BCUT2D eigenvalue weighted by molar-refractivity contribution is -0.121. The smallest absolute Gasteiger partial charge is 0.273 e. The maximum absolute atomic E-state index is 12.6. The Hall–Kier alpha value is -2.87. The second-order valence-electron chi connectivity index (χ2n) is 9.87. The van der Waals surface area contributed by atoms with Crippen LogP contribution < -0.4 is 15.0 Å². The maximum Gasteiger partial charge on any atom is 0.273 e. The zero-order valence-electron chi connectivity index (χ0n) is 21.3. The molecule has 8 nitrogen and oxygen atoms in total. The molecule has 186 valence electrons. The number of nitrogens with zero attached hydrogens (tertiary/aromatic N) is 3. The second-order valence-corrected chi connectivity index (χ2v) is 9.87. The molecule has 1 unspecified atom stereocenters. The number of amides is 2. The van der Waals surface area contributed by atoms with Crippen LogP contribution in [-0.4, -0.2) is 54.0 Å². The highest BCUT2D eigenvalue weighted by molar-refractivity contribution is 5.98. The SMILES string of the molecule is CCN(CC)CCCC(C)NC(=O)c1coc(CN2C(=O)COc3ccc(C(C)(C)C)cc32)n1. The van der Waals surface area contributed by atoms with Crippen LogP contribution in [0.15, 0.2) is 28.9 Å². The minimum Gasteiger partial charge on any atom is -0.482 e. The summed E-state index contributed by atoms with van der Waals surface area (Å²) >= 11 is 0. The van der Waals surface area contributed by atoms with Crippen molar-refractivity contribution >= 4 is 17.5 Å². The molecule has 2 heterocycles. The first kappa shape index (κ1) is 25.7. The van der Waals surface area contributed by atoms with E-state index in [2.05, 4.69) is 49.8 Å². The largest absolute Gasteiger partial charge is 0.482 e. The Morgan fingerprint density at radius 3 is 2.68 bits per heavy atom. The Kier molecular flexibility index (Phi) is 8.36. The number of oxazole rings is 1. The zero-order chi connectivity index (χ0) is 24.9. The fraction of sp³-hybridized carbons (Fsp3) is 0.577. The van der Waals surface area contributed by atoms with Crippen LogP contribution in [0.3, 0.4) is 0 Å². The Bertz CT molecular complexity index is 991. The number of carbonyl (C=O) groups is 2. The van der Waals surface area contributed by atoms with Gasteiger partial charge in [0.25, 0.3) is 11.8 Å². The van der Waals surface area contributed by atoms with Crippen molar-refractivity contribution in [1.82, 2.24) is 15.2 Å². The molecule has 0 saturated heterocycles. The van der Waals surface area contributed by atoms with Gasteiger partial charge in [0.05, 0.1) is 5.69 Å². The third-order valence-electron chi connectivity index (χ3n) is 6.23. The summed E-state index contributed by atoms with van der Waals surface area (Å²) in [7, 11) is 0. The van der Waals surface area contributed by atoms with Crippen LogP contribution in [-0.2, 0) is 16.8 Å². The molecule has 0 spiro atoms. The van der Waals surface area contributed by atoms with Gasteiger partial charge in [-0.1, -0.05) is 40.7 Å². The molecule has 0 aliphatic carbocycles. The Morgan fingerprint density at radius 2 is 2.00 bits per heavy atom. The lowest BCUT2D eigenvalue weighted by Gasteiger charge is -2.30. The Morgan fingerprint density at radius 1 is 1.26 bits per heavy atom. The molecule has 34 heavy (non-hydrogen) atoms. The van der Waals surface area contributed by atoms with Gasteiger partial charge in [-0.15, -0.1) is 0 Å². The highest BCUT2D eigenvalue weighted by atomic mass is 16.5. The third-order valence-corrected chi connectivity index (χ3v) is 6.23. The van der Waals surface area contributed by atoms with E-state index in [1.807, 2.05) is 25.1 Å². The van der Waals surface area contributed by atoms with Gasteiger partial charge in [0.2, 0.25) is 5.89 Å². The number of aromatic nitrogens is 1. The van der Waals surface area contributed by atoms with E-state index in [0.717, 1.165) is 38.0 Å². The zero-order valence-corrected chi connectivity index (χ0v) is 21.3. The predicted molar refractivity (Wildman–Crippen MR) is 132 cm³/mol. The van der Waals surface area contributed by atoms with Gasteiger partial charge < -0.3 is 19.4 Å². The molecule has 1 aliphatic rings. The molecule has 1 aliphatic heterocycles. The molecule has 0 saturated carbocycles. The number of benzene rings is 1. The van der Waals surface area contributed by atoms with Gasteiger partial charge in [0.15, 0.2) is 12.3 Å². The average molecular weight is 471 g/mol. The van der Waals surface area contributed by atoms with E-state index in [-0.39, 0.29) is 42.1 Å². The number of hydrogen-bond donors (Lipinski definition) is 1. The molecule has 0 fully saturated rings. The van der Waals surface area contributed by atoms with Gasteiger partial charge in [-0.25, -0.2) is 4.98 Å². The van der Waals surface area contributed by atoms with Crippen molar-refractivity contribution in [2.45, 2.75) is 72.4 Å². The molecule has 2 amide bonds. The van der Waals surface area contributed by atoms with Crippen LogP contribution in [0.1, 0.15) is 76.3 Å². The average Bonchev–Trinajstić information content (AvgIpc) is 3.26. The molecule has 1 aromatic heterocycles. The van der Waals surface area contributed by atoms with Crippen LogP contribution >= 0.6 is 0 Å². The molecule has 3 rings (SSSR count). The quantitative estimate of drug-likeness (QED) is 0.562. The molecular formula is C26H38N4O4. The summed E-state index contributed by atoms with van der Waals surface area (Å²) in [6, 6.07) is 5.92. The number of ether oxygens (including phenoxy) is 1.